The van der Waals surface area contributed by atoms with E-state index < -0.39 is 11.7 Å². The fourth-order valence-corrected chi connectivity index (χ4v) is 1.98. The van der Waals surface area contributed by atoms with Gasteiger partial charge in [-0.2, -0.15) is 13.2 Å². The van der Waals surface area contributed by atoms with Crippen LogP contribution in [0.2, 0.25) is 0 Å². The number of anilines is 3. The average Bonchev–Trinajstić information content (AvgIpc) is 2.87. The fraction of sp³-hybridized carbons (Fsp3) is 0.143. The zero-order valence-corrected chi connectivity index (χ0v) is 10.7. The maximum Gasteiger partial charge on any atom is 0.416 e. The van der Waals surface area contributed by atoms with Crippen LogP contribution in [0.1, 0.15) is 5.56 Å². The van der Waals surface area contributed by atoms with Crippen LogP contribution in [-0.4, -0.2) is 6.79 Å². The predicted octanol–water partition coefficient (Wildman–Crippen LogP) is 3.76. The summed E-state index contributed by atoms with van der Waals surface area (Å²) < 4.78 is 48.1. The molecule has 0 bridgehead atoms. The summed E-state index contributed by atoms with van der Waals surface area (Å²) in [5.41, 5.74) is 5.93. The van der Waals surface area contributed by atoms with E-state index in [4.69, 9.17) is 15.2 Å². The highest BCUT2D eigenvalue weighted by Gasteiger charge is 2.30. The molecule has 4 nitrogen and oxygen atoms in total. The highest BCUT2D eigenvalue weighted by atomic mass is 19.4. The van der Waals surface area contributed by atoms with Gasteiger partial charge in [-0.25, -0.2) is 0 Å². The van der Waals surface area contributed by atoms with Gasteiger partial charge in [-0.15, -0.1) is 0 Å². The van der Waals surface area contributed by atoms with Crippen LogP contribution in [0.25, 0.3) is 0 Å². The number of halogens is 3. The number of benzene rings is 2. The first-order valence-electron chi connectivity index (χ1n) is 6.07. The summed E-state index contributed by atoms with van der Waals surface area (Å²) in [5, 5.41) is 2.95. The van der Waals surface area contributed by atoms with Crippen LogP contribution in [0.5, 0.6) is 11.5 Å². The van der Waals surface area contributed by atoms with Crippen LogP contribution in [0.3, 0.4) is 0 Å². The Labute approximate surface area is 118 Å². The summed E-state index contributed by atoms with van der Waals surface area (Å²) in [6.07, 6.45) is -4.41. The van der Waals surface area contributed by atoms with Gasteiger partial charge in [0.15, 0.2) is 11.5 Å². The maximum absolute atomic E-state index is 12.6. The van der Waals surface area contributed by atoms with Crippen molar-refractivity contribution in [2.24, 2.45) is 0 Å². The molecule has 0 aliphatic carbocycles. The number of fused-ring (bicyclic) bond motifs is 1. The molecule has 7 heteroatoms. The van der Waals surface area contributed by atoms with Crippen LogP contribution < -0.4 is 20.5 Å². The van der Waals surface area contributed by atoms with Gasteiger partial charge in [0.2, 0.25) is 6.79 Å². The second kappa shape index (κ2) is 4.76. The second-order valence-electron chi connectivity index (χ2n) is 4.49. The van der Waals surface area contributed by atoms with Gasteiger partial charge in [0.05, 0.1) is 16.9 Å². The Hall–Kier alpha value is -2.57. The number of hydrogen-bond acceptors (Lipinski definition) is 4. The number of alkyl halides is 3. The van der Waals surface area contributed by atoms with Gasteiger partial charge in [0.1, 0.15) is 0 Å². The third-order valence-corrected chi connectivity index (χ3v) is 3.03. The summed E-state index contributed by atoms with van der Waals surface area (Å²) in [6.45, 7) is 0.154. The van der Waals surface area contributed by atoms with E-state index in [1.807, 2.05) is 0 Å². The first-order valence-corrected chi connectivity index (χ1v) is 6.07. The Morgan fingerprint density at radius 1 is 1.00 bits per heavy atom. The van der Waals surface area contributed by atoms with Gasteiger partial charge in [-0.1, -0.05) is 0 Å². The van der Waals surface area contributed by atoms with Crippen LogP contribution in [-0.2, 0) is 6.18 Å². The molecule has 0 radical (unpaired) electrons. The number of rotatable bonds is 2. The summed E-state index contributed by atoms with van der Waals surface area (Å²) in [4.78, 5) is 0. The third-order valence-electron chi connectivity index (χ3n) is 3.03. The molecular weight excluding hydrogens is 285 g/mol. The van der Waals surface area contributed by atoms with E-state index in [0.29, 0.717) is 22.9 Å². The van der Waals surface area contributed by atoms with Crippen molar-refractivity contribution in [3.63, 3.8) is 0 Å². The Morgan fingerprint density at radius 3 is 2.48 bits per heavy atom. The molecule has 0 aromatic heterocycles. The van der Waals surface area contributed by atoms with Crippen LogP contribution in [0.4, 0.5) is 30.2 Å². The fourth-order valence-electron chi connectivity index (χ4n) is 1.98. The monoisotopic (exact) mass is 296 g/mol. The minimum atomic E-state index is -4.41. The molecule has 3 rings (SSSR count). The molecule has 110 valence electrons. The van der Waals surface area contributed by atoms with E-state index in [2.05, 4.69) is 5.32 Å². The van der Waals surface area contributed by atoms with Crippen molar-refractivity contribution in [2.75, 3.05) is 17.8 Å². The largest absolute Gasteiger partial charge is 0.454 e. The zero-order chi connectivity index (χ0) is 15.0. The summed E-state index contributed by atoms with van der Waals surface area (Å²) in [6, 6.07) is 8.30. The van der Waals surface area contributed by atoms with Gasteiger partial charge in [-0.05, 0) is 30.3 Å². The van der Waals surface area contributed by atoms with E-state index in [9.17, 15) is 13.2 Å². The van der Waals surface area contributed by atoms with Gasteiger partial charge < -0.3 is 20.5 Å². The minimum Gasteiger partial charge on any atom is -0.454 e. The average molecular weight is 296 g/mol. The standard InChI is InChI=1S/C14H11F3N2O2/c15-14(16,17)8-1-3-11(10(18)5-8)19-9-2-4-12-13(6-9)21-7-20-12/h1-6,19H,7,18H2. The van der Waals surface area contributed by atoms with Crippen LogP contribution in [0, 0.1) is 0 Å². The molecule has 0 amide bonds. The molecule has 0 saturated carbocycles. The highest BCUT2D eigenvalue weighted by molar-refractivity contribution is 5.74. The van der Waals surface area contributed by atoms with Crippen molar-refractivity contribution < 1.29 is 22.6 Å². The van der Waals surface area contributed by atoms with Crippen molar-refractivity contribution >= 4 is 17.1 Å². The van der Waals surface area contributed by atoms with E-state index in [-0.39, 0.29) is 12.5 Å². The Kier molecular flexibility index (Phi) is 3.04. The molecule has 0 fully saturated rings. The van der Waals surface area contributed by atoms with Crippen molar-refractivity contribution in [1.82, 2.24) is 0 Å². The molecule has 0 spiro atoms. The SMILES string of the molecule is Nc1cc(C(F)(F)F)ccc1Nc1ccc2c(c1)OCO2. The lowest BCUT2D eigenvalue weighted by atomic mass is 10.1. The molecule has 1 aliphatic rings. The number of nitrogens with one attached hydrogen (secondary N) is 1. The summed E-state index contributed by atoms with van der Waals surface area (Å²) in [5.74, 6) is 1.20. The van der Waals surface area contributed by atoms with Gasteiger partial charge in [0.25, 0.3) is 0 Å². The normalized spacial score (nSPS) is 13.3. The molecule has 2 aromatic carbocycles. The topological polar surface area (TPSA) is 56.5 Å². The Balaban J connectivity index is 1.85. The summed E-state index contributed by atoms with van der Waals surface area (Å²) in [7, 11) is 0. The van der Waals surface area contributed by atoms with Crippen LogP contribution >= 0.6 is 0 Å². The van der Waals surface area contributed by atoms with Crippen molar-refractivity contribution in [3.8, 4) is 11.5 Å². The number of hydrogen-bond donors (Lipinski definition) is 2. The molecular formula is C14H11F3N2O2. The molecule has 3 N–H and O–H groups in total. The lowest BCUT2D eigenvalue weighted by molar-refractivity contribution is -0.137. The molecule has 0 unspecified atom stereocenters. The molecule has 2 aromatic rings. The maximum atomic E-state index is 12.6. The second-order valence-corrected chi connectivity index (χ2v) is 4.49. The van der Waals surface area contributed by atoms with E-state index in [0.717, 1.165) is 12.1 Å². The third kappa shape index (κ3) is 2.67. The van der Waals surface area contributed by atoms with E-state index in [1.165, 1.54) is 6.07 Å². The van der Waals surface area contributed by atoms with Crippen molar-refractivity contribution in [1.29, 1.82) is 0 Å². The van der Waals surface area contributed by atoms with Gasteiger partial charge >= 0.3 is 6.18 Å². The Bertz CT molecular complexity index is 686. The summed E-state index contributed by atoms with van der Waals surface area (Å²) >= 11 is 0. The quantitative estimate of drug-likeness (QED) is 0.828. The van der Waals surface area contributed by atoms with E-state index in [1.54, 1.807) is 18.2 Å². The minimum absolute atomic E-state index is 0.0162. The smallest absolute Gasteiger partial charge is 0.416 e. The number of ether oxygens (including phenoxy) is 2. The van der Waals surface area contributed by atoms with Crippen molar-refractivity contribution in [3.05, 3.63) is 42.0 Å². The lowest BCUT2D eigenvalue weighted by Crippen LogP contribution is -2.06. The highest BCUT2D eigenvalue weighted by Crippen LogP contribution is 2.37. The molecule has 1 aliphatic heterocycles. The molecule has 0 atom stereocenters. The molecule has 0 saturated heterocycles. The molecule has 21 heavy (non-hydrogen) atoms. The number of nitrogen functional groups attached to an aromatic ring is 1. The van der Waals surface area contributed by atoms with Gasteiger partial charge in [0, 0.05) is 11.8 Å². The zero-order valence-electron chi connectivity index (χ0n) is 10.7. The van der Waals surface area contributed by atoms with Gasteiger partial charge in [-0.3, -0.25) is 0 Å². The molecule has 1 heterocycles. The van der Waals surface area contributed by atoms with E-state index >= 15 is 0 Å². The first-order chi connectivity index (χ1) is 9.93. The Morgan fingerprint density at radius 2 is 1.76 bits per heavy atom. The first kappa shape index (κ1) is 13.4. The lowest BCUT2D eigenvalue weighted by Gasteiger charge is -2.13. The number of nitrogens with two attached hydrogens (primary N) is 1. The predicted molar refractivity (Wildman–Crippen MR) is 71.7 cm³/mol. The van der Waals surface area contributed by atoms with Crippen LogP contribution in [0.15, 0.2) is 36.4 Å². The van der Waals surface area contributed by atoms with Crippen molar-refractivity contribution in [2.45, 2.75) is 6.18 Å².